The van der Waals surface area contributed by atoms with E-state index < -0.39 is 0 Å². The Kier molecular flexibility index (Phi) is 5.42. The monoisotopic (exact) mass is 299 g/mol. The Hall–Kier alpha value is -2.49. The minimum atomic E-state index is -0.101. The number of methoxy groups -OCH3 is 1. The molecule has 0 atom stereocenters. The van der Waals surface area contributed by atoms with Crippen LogP contribution in [0.2, 0.25) is 0 Å². The van der Waals surface area contributed by atoms with Gasteiger partial charge in [-0.1, -0.05) is 29.8 Å². The summed E-state index contributed by atoms with van der Waals surface area (Å²) in [6.45, 7) is 4.46. The molecule has 0 aliphatic heterocycles. The SMILES string of the molecule is CCOc1ccccc1NC(=O)Cc1cc(C)ccc1OC. The van der Waals surface area contributed by atoms with Gasteiger partial charge in [-0.05, 0) is 32.0 Å². The molecule has 0 saturated carbocycles. The van der Waals surface area contributed by atoms with Gasteiger partial charge in [0, 0.05) is 5.56 Å². The number of hydrogen-bond acceptors (Lipinski definition) is 3. The third kappa shape index (κ3) is 4.01. The molecule has 4 heteroatoms. The fraction of sp³-hybridized carbons (Fsp3) is 0.278. The van der Waals surface area contributed by atoms with Gasteiger partial charge in [0.05, 0.1) is 25.8 Å². The summed E-state index contributed by atoms with van der Waals surface area (Å²) in [5.41, 5.74) is 2.65. The molecule has 2 aromatic rings. The van der Waals surface area contributed by atoms with E-state index in [1.807, 2.05) is 56.3 Å². The van der Waals surface area contributed by atoms with Crippen molar-refractivity contribution in [1.29, 1.82) is 0 Å². The second-order valence-corrected chi connectivity index (χ2v) is 4.97. The van der Waals surface area contributed by atoms with Gasteiger partial charge in [0.2, 0.25) is 5.91 Å². The number of hydrogen-bond donors (Lipinski definition) is 1. The highest BCUT2D eigenvalue weighted by molar-refractivity contribution is 5.94. The first-order valence-corrected chi connectivity index (χ1v) is 7.29. The van der Waals surface area contributed by atoms with Crippen LogP contribution in [0.15, 0.2) is 42.5 Å². The van der Waals surface area contributed by atoms with E-state index >= 15 is 0 Å². The molecule has 1 amide bonds. The summed E-state index contributed by atoms with van der Waals surface area (Å²) in [7, 11) is 1.61. The predicted molar refractivity (Wildman–Crippen MR) is 87.7 cm³/mol. The van der Waals surface area contributed by atoms with Gasteiger partial charge < -0.3 is 14.8 Å². The number of amides is 1. The summed E-state index contributed by atoms with van der Waals surface area (Å²) in [6.07, 6.45) is 0.255. The highest BCUT2D eigenvalue weighted by atomic mass is 16.5. The smallest absolute Gasteiger partial charge is 0.229 e. The average Bonchev–Trinajstić information content (AvgIpc) is 2.50. The van der Waals surface area contributed by atoms with E-state index in [9.17, 15) is 4.79 Å². The maximum Gasteiger partial charge on any atom is 0.229 e. The van der Waals surface area contributed by atoms with Crippen LogP contribution in [-0.4, -0.2) is 19.6 Å². The highest BCUT2D eigenvalue weighted by Crippen LogP contribution is 2.25. The van der Waals surface area contributed by atoms with Gasteiger partial charge in [-0.15, -0.1) is 0 Å². The van der Waals surface area contributed by atoms with Crippen LogP contribution in [-0.2, 0) is 11.2 Å². The summed E-state index contributed by atoms with van der Waals surface area (Å²) in [4.78, 5) is 12.3. The van der Waals surface area contributed by atoms with Gasteiger partial charge in [0.15, 0.2) is 0 Å². The number of aryl methyl sites for hydroxylation is 1. The standard InChI is InChI=1S/C18H21NO3/c1-4-22-17-8-6-5-7-15(17)19-18(20)12-14-11-13(2)9-10-16(14)21-3/h5-11H,4,12H2,1-3H3,(H,19,20). The van der Waals surface area contributed by atoms with Gasteiger partial charge >= 0.3 is 0 Å². The molecule has 0 aliphatic rings. The zero-order valence-corrected chi connectivity index (χ0v) is 13.2. The van der Waals surface area contributed by atoms with Crippen molar-refractivity contribution in [3.05, 3.63) is 53.6 Å². The molecule has 0 saturated heterocycles. The Morgan fingerprint density at radius 2 is 1.91 bits per heavy atom. The molecule has 0 aliphatic carbocycles. The summed E-state index contributed by atoms with van der Waals surface area (Å²) < 4.78 is 10.8. The molecule has 2 aromatic carbocycles. The van der Waals surface area contributed by atoms with Crippen LogP contribution in [0.3, 0.4) is 0 Å². The molecule has 0 fully saturated rings. The van der Waals surface area contributed by atoms with Crippen molar-refractivity contribution < 1.29 is 14.3 Å². The second kappa shape index (κ2) is 7.50. The van der Waals surface area contributed by atoms with Crippen molar-refractivity contribution in [2.24, 2.45) is 0 Å². The van der Waals surface area contributed by atoms with Gasteiger partial charge in [-0.3, -0.25) is 4.79 Å². The third-order valence-electron chi connectivity index (χ3n) is 3.25. The average molecular weight is 299 g/mol. The fourth-order valence-corrected chi connectivity index (χ4v) is 2.26. The number of benzene rings is 2. The van der Waals surface area contributed by atoms with Gasteiger partial charge in [-0.25, -0.2) is 0 Å². The second-order valence-electron chi connectivity index (χ2n) is 4.97. The molecular weight excluding hydrogens is 278 g/mol. The zero-order valence-electron chi connectivity index (χ0n) is 13.2. The van der Waals surface area contributed by atoms with E-state index in [0.29, 0.717) is 18.0 Å². The maximum absolute atomic E-state index is 12.3. The summed E-state index contributed by atoms with van der Waals surface area (Å²) in [6, 6.07) is 13.2. The lowest BCUT2D eigenvalue weighted by Crippen LogP contribution is -2.15. The minimum Gasteiger partial charge on any atom is -0.496 e. The van der Waals surface area contributed by atoms with Gasteiger partial charge in [0.25, 0.3) is 0 Å². The van der Waals surface area contributed by atoms with Crippen LogP contribution in [0.25, 0.3) is 0 Å². The quantitative estimate of drug-likeness (QED) is 0.887. The molecule has 22 heavy (non-hydrogen) atoms. The van der Waals surface area contributed by atoms with Crippen molar-refractivity contribution in [3.8, 4) is 11.5 Å². The molecule has 4 nitrogen and oxygen atoms in total. The zero-order chi connectivity index (χ0) is 15.9. The largest absolute Gasteiger partial charge is 0.496 e. The van der Waals surface area contributed by atoms with Crippen LogP contribution in [0.1, 0.15) is 18.1 Å². The molecule has 116 valence electrons. The predicted octanol–water partition coefficient (Wildman–Crippen LogP) is 3.58. The van der Waals surface area contributed by atoms with Crippen molar-refractivity contribution in [2.45, 2.75) is 20.3 Å². The molecule has 0 spiro atoms. The number of carbonyl (C=O) groups is 1. The molecular formula is C18H21NO3. The Bertz CT molecular complexity index is 653. The van der Waals surface area contributed by atoms with E-state index in [0.717, 1.165) is 16.9 Å². The molecule has 0 unspecified atom stereocenters. The lowest BCUT2D eigenvalue weighted by molar-refractivity contribution is -0.115. The Balaban J connectivity index is 2.12. The van der Waals surface area contributed by atoms with Crippen LogP contribution in [0.5, 0.6) is 11.5 Å². The summed E-state index contributed by atoms with van der Waals surface area (Å²) in [5.74, 6) is 1.30. The van der Waals surface area contributed by atoms with Crippen molar-refractivity contribution in [2.75, 3.05) is 19.0 Å². The fourth-order valence-electron chi connectivity index (χ4n) is 2.26. The van der Waals surface area contributed by atoms with Crippen molar-refractivity contribution in [1.82, 2.24) is 0 Å². The van der Waals surface area contributed by atoms with Crippen LogP contribution in [0.4, 0.5) is 5.69 Å². The number of ether oxygens (including phenoxy) is 2. The Labute approximate surface area is 131 Å². The lowest BCUT2D eigenvalue weighted by Gasteiger charge is -2.12. The van der Waals surface area contributed by atoms with E-state index in [1.54, 1.807) is 7.11 Å². The summed E-state index contributed by atoms with van der Waals surface area (Å²) >= 11 is 0. The topological polar surface area (TPSA) is 47.6 Å². The normalized spacial score (nSPS) is 10.1. The van der Waals surface area contributed by atoms with Gasteiger partial charge in [0.1, 0.15) is 11.5 Å². The molecule has 2 rings (SSSR count). The van der Waals surface area contributed by atoms with E-state index in [2.05, 4.69) is 5.32 Å². The van der Waals surface area contributed by atoms with E-state index in [4.69, 9.17) is 9.47 Å². The lowest BCUT2D eigenvalue weighted by atomic mass is 10.1. The highest BCUT2D eigenvalue weighted by Gasteiger charge is 2.11. The first-order chi connectivity index (χ1) is 10.6. The van der Waals surface area contributed by atoms with Crippen LogP contribution >= 0.6 is 0 Å². The first-order valence-electron chi connectivity index (χ1n) is 7.29. The van der Waals surface area contributed by atoms with Crippen LogP contribution < -0.4 is 14.8 Å². The number of nitrogens with one attached hydrogen (secondary N) is 1. The molecule has 0 heterocycles. The minimum absolute atomic E-state index is 0.101. The number of rotatable bonds is 6. The van der Waals surface area contributed by atoms with Crippen LogP contribution in [0, 0.1) is 6.92 Å². The number of carbonyl (C=O) groups excluding carboxylic acids is 1. The van der Waals surface area contributed by atoms with E-state index in [-0.39, 0.29) is 12.3 Å². The molecule has 1 N–H and O–H groups in total. The Morgan fingerprint density at radius 1 is 1.14 bits per heavy atom. The molecule has 0 radical (unpaired) electrons. The van der Waals surface area contributed by atoms with E-state index in [1.165, 1.54) is 0 Å². The number of anilines is 1. The molecule has 0 bridgehead atoms. The summed E-state index contributed by atoms with van der Waals surface area (Å²) in [5, 5.41) is 2.90. The van der Waals surface area contributed by atoms with Gasteiger partial charge in [-0.2, -0.15) is 0 Å². The first kappa shape index (κ1) is 15.9. The van der Waals surface area contributed by atoms with Crippen molar-refractivity contribution >= 4 is 11.6 Å². The van der Waals surface area contributed by atoms with Crippen molar-refractivity contribution in [3.63, 3.8) is 0 Å². The maximum atomic E-state index is 12.3. The molecule has 0 aromatic heterocycles. The third-order valence-corrected chi connectivity index (χ3v) is 3.25. The number of para-hydroxylation sites is 2. The Morgan fingerprint density at radius 3 is 2.64 bits per heavy atom.